The normalized spacial score (nSPS) is 18.7. The van der Waals surface area contributed by atoms with Crippen LogP contribution in [0.5, 0.6) is 11.5 Å². The van der Waals surface area contributed by atoms with Crippen LogP contribution < -0.4 is 14.8 Å². The highest BCUT2D eigenvalue weighted by molar-refractivity contribution is 8.15. The van der Waals surface area contributed by atoms with Gasteiger partial charge in [-0.3, -0.25) is 9.59 Å². The zero-order valence-corrected chi connectivity index (χ0v) is 22.3. The number of benzene rings is 3. The van der Waals surface area contributed by atoms with Gasteiger partial charge in [-0.25, -0.2) is 5.01 Å². The molecule has 0 saturated carbocycles. The van der Waals surface area contributed by atoms with Gasteiger partial charge in [-0.2, -0.15) is 10.1 Å². The van der Waals surface area contributed by atoms with Crippen LogP contribution in [0.1, 0.15) is 30.0 Å². The van der Waals surface area contributed by atoms with Crippen molar-refractivity contribution in [1.82, 2.24) is 5.01 Å². The predicted molar refractivity (Wildman–Crippen MR) is 150 cm³/mol. The van der Waals surface area contributed by atoms with Crippen LogP contribution in [-0.2, 0) is 9.59 Å². The van der Waals surface area contributed by atoms with E-state index in [-0.39, 0.29) is 24.3 Å². The van der Waals surface area contributed by atoms with Gasteiger partial charge in [0.15, 0.2) is 5.17 Å². The summed E-state index contributed by atoms with van der Waals surface area (Å²) in [6.45, 7) is 0. The Labute approximate surface area is 229 Å². The number of carbonyl (C=O) groups excluding carboxylic acids is 2. The molecule has 2 heterocycles. The summed E-state index contributed by atoms with van der Waals surface area (Å²) in [6, 6.07) is 22.1. The average molecular weight is 549 g/mol. The third-order valence-corrected chi connectivity index (χ3v) is 7.65. The summed E-state index contributed by atoms with van der Waals surface area (Å²) < 4.78 is 10.4. The SMILES string of the molecule is COc1ccc(NC(=O)C[C@@H]2SC(N3N=C(c4ccc(OC)cc4)C[C@@H]3c3ccc(Cl)cc3)=NC2=O)cc1. The van der Waals surface area contributed by atoms with E-state index in [0.717, 1.165) is 22.6 Å². The maximum atomic E-state index is 12.8. The largest absolute Gasteiger partial charge is 0.497 e. The predicted octanol–water partition coefficient (Wildman–Crippen LogP) is 5.54. The number of hydrazone groups is 1. The molecule has 0 spiro atoms. The summed E-state index contributed by atoms with van der Waals surface area (Å²) in [5.41, 5.74) is 3.45. The molecule has 0 aliphatic carbocycles. The fourth-order valence-corrected chi connectivity index (χ4v) is 5.44. The number of hydrogen-bond acceptors (Lipinski definition) is 7. The second-order valence-electron chi connectivity index (χ2n) is 8.71. The molecule has 2 aliphatic heterocycles. The van der Waals surface area contributed by atoms with Gasteiger partial charge in [-0.05, 0) is 71.8 Å². The number of ether oxygens (including phenoxy) is 2. The number of hydrogen-bond donors (Lipinski definition) is 1. The number of thioether (sulfide) groups is 1. The minimum absolute atomic E-state index is 0.00294. The summed E-state index contributed by atoms with van der Waals surface area (Å²) in [4.78, 5) is 29.8. The van der Waals surface area contributed by atoms with E-state index in [0.29, 0.717) is 28.0 Å². The molecular formula is C28H25ClN4O4S. The summed E-state index contributed by atoms with van der Waals surface area (Å²) in [5.74, 6) is 0.835. The molecule has 8 nitrogen and oxygen atoms in total. The molecule has 2 aliphatic rings. The van der Waals surface area contributed by atoms with Gasteiger partial charge in [-0.1, -0.05) is 35.5 Å². The second kappa shape index (κ2) is 11.3. The molecule has 0 unspecified atom stereocenters. The lowest BCUT2D eigenvalue weighted by Crippen LogP contribution is -2.25. The summed E-state index contributed by atoms with van der Waals surface area (Å²) in [6.07, 6.45) is 0.612. The van der Waals surface area contributed by atoms with Crippen LogP contribution in [0.4, 0.5) is 5.69 Å². The number of nitrogens with zero attached hydrogens (tertiary/aromatic N) is 3. The van der Waals surface area contributed by atoms with E-state index in [4.69, 9.17) is 26.2 Å². The highest BCUT2D eigenvalue weighted by Gasteiger charge is 2.39. The number of carbonyl (C=O) groups is 2. The zero-order chi connectivity index (χ0) is 26.6. The van der Waals surface area contributed by atoms with E-state index in [1.54, 1.807) is 43.5 Å². The maximum Gasteiger partial charge on any atom is 0.262 e. The lowest BCUT2D eigenvalue weighted by Gasteiger charge is -2.23. The third-order valence-electron chi connectivity index (χ3n) is 6.26. The maximum absolute atomic E-state index is 12.8. The van der Waals surface area contributed by atoms with Crippen LogP contribution in [0.3, 0.4) is 0 Å². The lowest BCUT2D eigenvalue weighted by atomic mass is 9.98. The highest BCUT2D eigenvalue weighted by atomic mass is 35.5. The van der Waals surface area contributed by atoms with Gasteiger partial charge < -0.3 is 14.8 Å². The van der Waals surface area contributed by atoms with E-state index in [9.17, 15) is 9.59 Å². The Balaban J connectivity index is 1.33. The van der Waals surface area contributed by atoms with Gasteiger partial charge in [0.05, 0.1) is 26.0 Å². The van der Waals surface area contributed by atoms with E-state index in [1.807, 2.05) is 48.5 Å². The van der Waals surface area contributed by atoms with Crippen molar-refractivity contribution in [2.24, 2.45) is 10.1 Å². The smallest absolute Gasteiger partial charge is 0.262 e. The van der Waals surface area contributed by atoms with Crippen molar-refractivity contribution in [3.05, 3.63) is 88.9 Å². The zero-order valence-electron chi connectivity index (χ0n) is 20.8. The number of aliphatic imine (C=N–C) groups is 1. The topological polar surface area (TPSA) is 92.6 Å². The van der Waals surface area contributed by atoms with E-state index in [2.05, 4.69) is 10.3 Å². The van der Waals surface area contributed by atoms with Crippen molar-refractivity contribution >= 4 is 51.7 Å². The number of amides is 2. The number of methoxy groups -OCH3 is 2. The van der Waals surface area contributed by atoms with Gasteiger partial charge >= 0.3 is 0 Å². The molecular weight excluding hydrogens is 524 g/mol. The Morgan fingerprint density at radius 3 is 2.26 bits per heavy atom. The Morgan fingerprint density at radius 1 is 1.00 bits per heavy atom. The summed E-state index contributed by atoms with van der Waals surface area (Å²) in [7, 11) is 3.20. The Hall–Kier alpha value is -3.82. The van der Waals surface area contributed by atoms with Crippen molar-refractivity contribution < 1.29 is 19.1 Å². The lowest BCUT2D eigenvalue weighted by molar-refractivity contribution is -0.121. The Morgan fingerprint density at radius 2 is 1.63 bits per heavy atom. The first-order valence-electron chi connectivity index (χ1n) is 11.9. The fourth-order valence-electron chi connectivity index (χ4n) is 4.25. The number of amidine groups is 1. The molecule has 5 rings (SSSR count). The molecule has 3 aromatic carbocycles. The molecule has 0 aromatic heterocycles. The number of nitrogens with one attached hydrogen (secondary N) is 1. The average Bonchev–Trinajstić information content (AvgIpc) is 3.53. The standard InChI is InChI=1S/C28H25ClN4O4S/c1-36-21-11-5-17(6-12-21)23-15-24(18-3-7-19(29)8-4-18)33(32-23)28-31-27(35)25(38-28)16-26(34)30-20-9-13-22(37-2)14-10-20/h3-14,24-25H,15-16H2,1-2H3,(H,30,34)/t24-,25+/m1/s1. The van der Waals surface area contributed by atoms with Gasteiger partial charge in [0.1, 0.15) is 16.7 Å². The first-order valence-corrected chi connectivity index (χ1v) is 13.2. The van der Waals surface area contributed by atoms with Crippen molar-refractivity contribution in [1.29, 1.82) is 0 Å². The van der Waals surface area contributed by atoms with Crippen molar-refractivity contribution in [3.8, 4) is 11.5 Å². The first kappa shape index (κ1) is 25.8. The van der Waals surface area contributed by atoms with Crippen LogP contribution in [0, 0.1) is 0 Å². The molecule has 194 valence electrons. The van der Waals surface area contributed by atoms with Gasteiger partial charge in [0.25, 0.3) is 5.91 Å². The number of halogens is 1. The van der Waals surface area contributed by atoms with Crippen LogP contribution in [-0.4, -0.2) is 47.2 Å². The molecule has 38 heavy (non-hydrogen) atoms. The van der Waals surface area contributed by atoms with Gasteiger partial charge in [0, 0.05) is 23.6 Å². The molecule has 0 saturated heterocycles. The minimum atomic E-state index is -0.630. The van der Waals surface area contributed by atoms with E-state index < -0.39 is 5.25 Å². The number of rotatable bonds is 7. The van der Waals surface area contributed by atoms with E-state index >= 15 is 0 Å². The Kier molecular flexibility index (Phi) is 7.67. The second-order valence-corrected chi connectivity index (χ2v) is 10.3. The summed E-state index contributed by atoms with van der Waals surface area (Å²) >= 11 is 7.38. The summed E-state index contributed by atoms with van der Waals surface area (Å²) in [5, 5.41) is 9.96. The van der Waals surface area contributed by atoms with Crippen molar-refractivity contribution in [2.45, 2.75) is 24.1 Å². The molecule has 1 N–H and O–H groups in total. The monoisotopic (exact) mass is 548 g/mol. The fraction of sp³-hybridized carbons (Fsp3) is 0.214. The van der Waals surface area contributed by atoms with Crippen molar-refractivity contribution in [2.75, 3.05) is 19.5 Å². The highest BCUT2D eigenvalue weighted by Crippen LogP contribution is 2.39. The molecule has 3 aromatic rings. The number of anilines is 1. The van der Waals surface area contributed by atoms with Crippen LogP contribution in [0.25, 0.3) is 0 Å². The minimum Gasteiger partial charge on any atom is -0.497 e. The van der Waals surface area contributed by atoms with Gasteiger partial charge in [-0.15, -0.1) is 0 Å². The molecule has 0 radical (unpaired) electrons. The van der Waals surface area contributed by atoms with E-state index in [1.165, 1.54) is 11.8 Å². The third kappa shape index (κ3) is 5.69. The molecule has 0 bridgehead atoms. The van der Waals surface area contributed by atoms with Crippen LogP contribution in [0.15, 0.2) is 82.9 Å². The first-order chi connectivity index (χ1) is 18.4. The molecule has 2 atom stereocenters. The quantitative estimate of drug-likeness (QED) is 0.417. The molecule has 2 amide bonds. The van der Waals surface area contributed by atoms with Crippen molar-refractivity contribution in [3.63, 3.8) is 0 Å². The van der Waals surface area contributed by atoms with Crippen LogP contribution in [0.2, 0.25) is 5.02 Å². The molecule has 0 fully saturated rings. The molecule has 10 heteroatoms. The Bertz CT molecular complexity index is 1390. The van der Waals surface area contributed by atoms with Gasteiger partial charge in [0.2, 0.25) is 5.91 Å². The van der Waals surface area contributed by atoms with Crippen LogP contribution >= 0.6 is 23.4 Å².